The van der Waals surface area contributed by atoms with Crippen molar-refractivity contribution in [1.29, 1.82) is 0 Å². The fourth-order valence-corrected chi connectivity index (χ4v) is 4.69. The highest BCUT2D eigenvalue weighted by Gasteiger charge is 2.30. The van der Waals surface area contributed by atoms with Gasteiger partial charge in [-0.15, -0.1) is 11.3 Å². The van der Waals surface area contributed by atoms with E-state index in [-0.39, 0.29) is 6.61 Å². The quantitative estimate of drug-likeness (QED) is 0.611. The van der Waals surface area contributed by atoms with E-state index in [9.17, 15) is 13.2 Å². The van der Waals surface area contributed by atoms with E-state index >= 15 is 0 Å². The molecule has 0 amide bonds. The molecule has 0 radical (unpaired) electrons. The summed E-state index contributed by atoms with van der Waals surface area (Å²) in [5, 5.41) is 0.923. The van der Waals surface area contributed by atoms with Crippen LogP contribution in [0.3, 0.4) is 0 Å². The maximum atomic E-state index is 12.9. The number of halogens is 3. The normalized spacial score (nSPS) is 17.3. The molecule has 26 heavy (non-hydrogen) atoms. The van der Waals surface area contributed by atoms with Gasteiger partial charge in [-0.25, -0.2) is 9.97 Å². The first kappa shape index (κ1) is 17.3. The number of ether oxygens (including phenoxy) is 1. The van der Waals surface area contributed by atoms with Crippen molar-refractivity contribution >= 4 is 21.6 Å². The number of benzene rings is 1. The van der Waals surface area contributed by atoms with Crippen LogP contribution in [0.15, 0.2) is 30.6 Å². The summed E-state index contributed by atoms with van der Waals surface area (Å²) in [7, 11) is 0. The average molecular weight is 378 g/mol. The summed E-state index contributed by atoms with van der Waals surface area (Å²) in [5.74, 6) is 1.11. The Morgan fingerprint density at radius 2 is 2.12 bits per heavy atom. The van der Waals surface area contributed by atoms with E-state index in [4.69, 9.17) is 4.74 Å². The largest absolute Gasteiger partial charge is 0.472 e. The molecule has 3 nitrogen and oxygen atoms in total. The summed E-state index contributed by atoms with van der Waals surface area (Å²) >= 11 is 1.67. The maximum Gasteiger partial charge on any atom is 0.416 e. The van der Waals surface area contributed by atoms with Crippen molar-refractivity contribution < 1.29 is 17.9 Å². The van der Waals surface area contributed by atoms with Crippen LogP contribution in [0.2, 0.25) is 0 Å². The third-order valence-electron chi connectivity index (χ3n) is 4.69. The molecular weight excluding hydrogens is 361 g/mol. The SMILES string of the molecule is CC1CCc2c(sc3ncnc(OCc4cccc(C(F)(F)F)c4)c23)C1. The van der Waals surface area contributed by atoms with Crippen molar-refractivity contribution in [3.05, 3.63) is 52.2 Å². The Balaban J connectivity index is 1.62. The van der Waals surface area contributed by atoms with Crippen LogP contribution in [0, 0.1) is 5.92 Å². The van der Waals surface area contributed by atoms with Gasteiger partial charge in [0, 0.05) is 4.88 Å². The molecule has 3 aromatic rings. The van der Waals surface area contributed by atoms with E-state index in [2.05, 4.69) is 16.9 Å². The van der Waals surface area contributed by atoms with Gasteiger partial charge < -0.3 is 4.74 Å². The van der Waals surface area contributed by atoms with Crippen molar-refractivity contribution in [1.82, 2.24) is 9.97 Å². The fourth-order valence-electron chi connectivity index (χ4n) is 3.34. The Morgan fingerprint density at radius 3 is 2.92 bits per heavy atom. The van der Waals surface area contributed by atoms with Crippen LogP contribution >= 0.6 is 11.3 Å². The topological polar surface area (TPSA) is 35.0 Å². The molecule has 1 aliphatic rings. The van der Waals surface area contributed by atoms with Crippen molar-refractivity contribution in [3.63, 3.8) is 0 Å². The summed E-state index contributed by atoms with van der Waals surface area (Å²) in [4.78, 5) is 10.8. The molecule has 0 saturated heterocycles. The van der Waals surface area contributed by atoms with Gasteiger partial charge in [-0.2, -0.15) is 13.2 Å². The van der Waals surface area contributed by atoms with Gasteiger partial charge in [0.2, 0.25) is 5.88 Å². The Labute approximate surface area is 152 Å². The van der Waals surface area contributed by atoms with Gasteiger partial charge in [-0.05, 0) is 48.4 Å². The van der Waals surface area contributed by atoms with Crippen LogP contribution in [-0.4, -0.2) is 9.97 Å². The molecule has 1 atom stereocenters. The van der Waals surface area contributed by atoms with E-state index in [1.165, 1.54) is 22.8 Å². The van der Waals surface area contributed by atoms with Gasteiger partial charge >= 0.3 is 6.18 Å². The number of thiophene rings is 1. The molecule has 0 fully saturated rings. The van der Waals surface area contributed by atoms with E-state index in [1.54, 1.807) is 17.4 Å². The lowest BCUT2D eigenvalue weighted by atomic mass is 9.89. The first-order valence-corrected chi connectivity index (χ1v) is 9.27. The van der Waals surface area contributed by atoms with Gasteiger partial charge in [-0.1, -0.05) is 19.1 Å². The Kier molecular flexibility index (Phi) is 4.34. The second-order valence-electron chi connectivity index (χ2n) is 6.70. The molecule has 1 unspecified atom stereocenters. The first-order chi connectivity index (χ1) is 12.4. The van der Waals surface area contributed by atoms with Crippen LogP contribution in [-0.2, 0) is 25.6 Å². The lowest BCUT2D eigenvalue weighted by Gasteiger charge is -2.18. The highest BCUT2D eigenvalue weighted by atomic mass is 32.1. The van der Waals surface area contributed by atoms with Crippen molar-refractivity contribution in [2.45, 2.75) is 39.0 Å². The lowest BCUT2D eigenvalue weighted by Crippen LogP contribution is -2.09. The number of nitrogens with zero attached hydrogens (tertiary/aromatic N) is 2. The first-order valence-electron chi connectivity index (χ1n) is 8.46. The second kappa shape index (κ2) is 6.54. The minimum atomic E-state index is -4.36. The van der Waals surface area contributed by atoms with Gasteiger partial charge in [0.15, 0.2) is 0 Å². The van der Waals surface area contributed by atoms with Crippen molar-refractivity contribution in [2.75, 3.05) is 0 Å². The predicted octanol–water partition coefficient (Wildman–Crippen LogP) is 5.41. The molecule has 7 heteroatoms. The standard InChI is InChI=1S/C19H17F3N2OS/c1-11-5-6-14-15(7-11)26-18-16(14)17(23-10-24-18)25-9-12-3-2-4-13(8-12)19(20,21)22/h2-4,8,10-11H,5-7,9H2,1H3. The molecule has 0 N–H and O–H groups in total. The monoisotopic (exact) mass is 378 g/mol. The van der Waals surface area contributed by atoms with Crippen LogP contribution in [0.5, 0.6) is 5.88 Å². The van der Waals surface area contributed by atoms with E-state index < -0.39 is 11.7 Å². The van der Waals surface area contributed by atoms with E-state index in [1.807, 2.05) is 0 Å². The number of rotatable bonds is 3. The Morgan fingerprint density at radius 1 is 1.27 bits per heavy atom. The van der Waals surface area contributed by atoms with Crippen LogP contribution in [0.25, 0.3) is 10.2 Å². The summed E-state index contributed by atoms with van der Waals surface area (Å²) < 4.78 is 44.4. The van der Waals surface area contributed by atoms with E-state index in [0.29, 0.717) is 17.4 Å². The molecule has 1 aliphatic carbocycles. The summed E-state index contributed by atoms with van der Waals surface area (Å²) in [6, 6.07) is 5.19. The molecule has 2 heterocycles. The molecule has 0 aliphatic heterocycles. The summed E-state index contributed by atoms with van der Waals surface area (Å²) in [5.41, 5.74) is 1.03. The molecule has 136 valence electrons. The van der Waals surface area contributed by atoms with Crippen LogP contribution in [0.4, 0.5) is 13.2 Å². The molecule has 0 spiro atoms. The average Bonchev–Trinajstić information content (AvgIpc) is 2.97. The van der Waals surface area contributed by atoms with E-state index in [0.717, 1.165) is 41.6 Å². The molecule has 4 rings (SSSR count). The smallest absolute Gasteiger partial charge is 0.416 e. The van der Waals surface area contributed by atoms with Gasteiger partial charge in [0.1, 0.15) is 17.8 Å². The number of aromatic nitrogens is 2. The Bertz CT molecular complexity index is 952. The summed E-state index contributed by atoms with van der Waals surface area (Å²) in [6.07, 6.45) is 0.199. The van der Waals surface area contributed by atoms with Gasteiger partial charge in [0.25, 0.3) is 0 Å². The highest BCUT2D eigenvalue weighted by Crippen LogP contribution is 2.40. The predicted molar refractivity (Wildman–Crippen MR) is 94.4 cm³/mol. The fraction of sp³-hybridized carbons (Fsp3) is 0.368. The zero-order chi connectivity index (χ0) is 18.3. The Hall–Kier alpha value is -2.15. The van der Waals surface area contributed by atoms with Crippen LogP contribution in [0.1, 0.15) is 34.9 Å². The van der Waals surface area contributed by atoms with Crippen LogP contribution < -0.4 is 4.74 Å². The minimum Gasteiger partial charge on any atom is -0.472 e. The third-order valence-corrected chi connectivity index (χ3v) is 5.85. The molecule has 0 bridgehead atoms. The molecular formula is C19H17F3N2OS. The number of alkyl halides is 3. The third kappa shape index (κ3) is 3.28. The van der Waals surface area contributed by atoms with Gasteiger partial charge in [-0.3, -0.25) is 0 Å². The zero-order valence-corrected chi connectivity index (χ0v) is 15.0. The van der Waals surface area contributed by atoms with Crippen molar-refractivity contribution in [2.24, 2.45) is 5.92 Å². The lowest BCUT2D eigenvalue weighted by molar-refractivity contribution is -0.137. The number of aryl methyl sites for hydroxylation is 1. The number of hydrogen-bond acceptors (Lipinski definition) is 4. The molecule has 0 saturated carbocycles. The van der Waals surface area contributed by atoms with Gasteiger partial charge in [0.05, 0.1) is 10.9 Å². The summed E-state index contributed by atoms with van der Waals surface area (Å²) in [6.45, 7) is 2.28. The zero-order valence-electron chi connectivity index (χ0n) is 14.1. The molecule has 1 aromatic carbocycles. The molecule has 2 aromatic heterocycles. The highest BCUT2D eigenvalue weighted by molar-refractivity contribution is 7.18. The number of fused-ring (bicyclic) bond motifs is 3. The minimum absolute atomic E-state index is 0.0387. The number of hydrogen-bond donors (Lipinski definition) is 0. The van der Waals surface area contributed by atoms with Crippen molar-refractivity contribution in [3.8, 4) is 5.88 Å². The maximum absolute atomic E-state index is 12.9. The second-order valence-corrected chi connectivity index (χ2v) is 7.78.